The molecule has 0 saturated carbocycles. The van der Waals surface area contributed by atoms with E-state index < -0.39 is 0 Å². The average Bonchev–Trinajstić information content (AvgIpc) is 2.89. The van der Waals surface area contributed by atoms with Gasteiger partial charge in [0.15, 0.2) is 0 Å². The molecule has 0 aliphatic carbocycles. The molecule has 1 saturated heterocycles. The summed E-state index contributed by atoms with van der Waals surface area (Å²) in [5.41, 5.74) is 3.38. The zero-order valence-corrected chi connectivity index (χ0v) is 17.3. The molecule has 2 amide bonds. The van der Waals surface area contributed by atoms with Crippen molar-refractivity contribution in [2.45, 2.75) is 19.8 Å². The van der Waals surface area contributed by atoms with Gasteiger partial charge in [-0.25, -0.2) is 0 Å². The number of aromatic nitrogens is 1. The zero-order valence-electron chi connectivity index (χ0n) is 17.3. The third kappa shape index (κ3) is 5.41. The lowest BCUT2D eigenvalue weighted by atomic mass is 9.91. The number of hydrogen-bond donors (Lipinski definition) is 1. The van der Waals surface area contributed by atoms with E-state index in [1.807, 2.05) is 29.2 Å². The summed E-state index contributed by atoms with van der Waals surface area (Å²) in [7, 11) is 1.65. The van der Waals surface area contributed by atoms with Crippen LogP contribution in [0, 0.1) is 5.92 Å². The molecule has 0 spiro atoms. The second-order valence-corrected chi connectivity index (χ2v) is 7.53. The van der Waals surface area contributed by atoms with Crippen LogP contribution in [0.25, 0.3) is 11.1 Å². The van der Waals surface area contributed by atoms with Crippen molar-refractivity contribution in [1.29, 1.82) is 0 Å². The number of pyridine rings is 1. The molecule has 1 unspecified atom stereocenters. The maximum atomic E-state index is 13.3. The number of nitrogens with one attached hydrogen (secondary N) is 1. The van der Waals surface area contributed by atoms with Crippen LogP contribution in [0.2, 0.25) is 0 Å². The molecule has 1 atom stereocenters. The van der Waals surface area contributed by atoms with Gasteiger partial charge < -0.3 is 10.2 Å². The molecule has 0 bridgehead atoms. The normalized spacial score (nSPS) is 17.8. The minimum atomic E-state index is -0.170. The van der Waals surface area contributed by atoms with E-state index in [2.05, 4.69) is 34.3 Å². The fourth-order valence-electron chi connectivity index (χ4n) is 3.96. The lowest BCUT2D eigenvalue weighted by Gasteiger charge is -2.24. The molecule has 1 N–H and O–H groups in total. The van der Waals surface area contributed by atoms with Gasteiger partial charge in [-0.05, 0) is 41.7 Å². The Labute approximate surface area is 172 Å². The van der Waals surface area contributed by atoms with Crippen molar-refractivity contribution in [3.8, 4) is 11.1 Å². The minimum Gasteiger partial charge on any atom is -0.358 e. The quantitative estimate of drug-likeness (QED) is 0.782. The number of carbonyl (C=O) groups excluding carboxylic acids is 2. The van der Waals surface area contributed by atoms with Crippen LogP contribution >= 0.6 is 0 Å². The lowest BCUT2D eigenvalue weighted by molar-refractivity contribution is -0.134. The van der Waals surface area contributed by atoms with Crippen molar-refractivity contribution in [2.24, 2.45) is 5.92 Å². The number of amides is 2. The molecular formula is C23H30N4O2. The van der Waals surface area contributed by atoms with E-state index in [-0.39, 0.29) is 17.7 Å². The molecule has 1 aliphatic heterocycles. The summed E-state index contributed by atoms with van der Waals surface area (Å²) in [6, 6.07) is 12.2. The number of rotatable bonds is 7. The minimum absolute atomic E-state index is 0.0164. The molecule has 1 aliphatic rings. The molecule has 6 heteroatoms. The SMILES string of the molecule is CCCN1CCN(CC(=O)NC)CC(Cc2ccccc2-c2ccncc2)C1=O. The number of likely N-dealkylation sites (N-methyl/N-ethyl adjacent to an activating group) is 1. The first-order chi connectivity index (χ1) is 14.1. The molecule has 2 heterocycles. The van der Waals surface area contributed by atoms with Crippen LogP contribution in [0.5, 0.6) is 0 Å². The maximum absolute atomic E-state index is 13.3. The van der Waals surface area contributed by atoms with Crippen LogP contribution < -0.4 is 5.32 Å². The summed E-state index contributed by atoms with van der Waals surface area (Å²) in [5, 5.41) is 2.69. The fourth-order valence-corrected chi connectivity index (χ4v) is 3.96. The summed E-state index contributed by atoms with van der Waals surface area (Å²) >= 11 is 0. The third-order valence-corrected chi connectivity index (χ3v) is 5.44. The summed E-state index contributed by atoms with van der Waals surface area (Å²) < 4.78 is 0. The summed E-state index contributed by atoms with van der Waals surface area (Å²) in [4.78, 5) is 33.4. The summed E-state index contributed by atoms with van der Waals surface area (Å²) in [6.45, 7) is 5.17. The molecule has 6 nitrogen and oxygen atoms in total. The zero-order chi connectivity index (χ0) is 20.6. The van der Waals surface area contributed by atoms with Crippen molar-refractivity contribution in [3.63, 3.8) is 0 Å². The first kappa shape index (κ1) is 21.0. The maximum Gasteiger partial charge on any atom is 0.233 e. The van der Waals surface area contributed by atoms with Crippen molar-refractivity contribution in [1.82, 2.24) is 20.1 Å². The number of carbonyl (C=O) groups is 2. The number of hydrogen-bond acceptors (Lipinski definition) is 4. The van der Waals surface area contributed by atoms with Crippen LogP contribution in [-0.2, 0) is 16.0 Å². The van der Waals surface area contributed by atoms with Gasteiger partial charge in [0.2, 0.25) is 11.8 Å². The second-order valence-electron chi connectivity index (χ2n) is 7.53. The fraction of sp³-hybridized carbons (Fsp3) is 0.435. The topological polar surface area (TPSA) is 65.5 Å². The Morgan fingerprint density at radius 3 is 2.66 bits per heavy atom. The van der Waals surface area contributed by atoms with Gasteiger partial charge in [-0.3, -0.25) is 19.5 Å². The highest BCUT2D eigenvalue weighted by atomic mass is 16.2. The third-order valence-electron chi connectivity index (χ3n) is 5.44. The molecule has 0 radical (unpaired) electrons. The van der Waals surface area contributed by atoms with Crippen LogP contribution in [-0.4, -0.2) is 66.4 Å². The first-order valence-corrected chi connectivity index (χ1v) is 10.3. The molecule has 1 aromatic heterocycles. The van der Waals surface area contributed by atoms with Crippen LogP contribution in [0.1, 0.15) is 18.9 Å². The number of benzene rings is 1. The Kier molecular flexibility index (Phi) is 7.36. The molecule has 1 fully saturated rings. The van der Waals surface area contributed by atoms with Crippen LogP contribution in [0.4, 0.5) is 0 Å². The highest BCUT2D eigenvalue weighted by Gasteiger charge is 2.31. The van der Waals surface area contributed by atoms with Gasteiger partial charge >= 0.3 is 0 Å². The van der Waals surface area contributed by atoms with E-state index in [1.165, 1.54) is 0 Å². The van der Waals surface area contributed by atoms with Crippen LogP contribution in [0.3, 0.4) is 0 Å². The van der Waals surface area contributed by atoms with E-state index in [4.69, 9.17) is 0 Å². The molecule has 1 aromatic carbocycles. The van der Waals surface area contributed by atoms with Crippen LogP contribution in [0.15, 0.2) is 48.8 Å². The molecule has 29 heavy (non-hydrogen) atoms. The van der Waals surface area contributed by atoms with Gasteiger partial charge in [-0.2, -0.15) is 0 Å². The Hall–Kier alpha value is -2.73. The van der Waals surface area contributed by atoms with Gasteiger partial charge in [0.05, 0.1) is 12.5 Å². The lowest BCUT2D eigenvalue weighted by Crippen LogP contribution is -2.39. The average molecular weight is 395 g/mol. The number of nitrogens with zero attached hydrogens (tertiary/aromatic N) is 3. The van der Waals surface area contributed by atoms with E-state index >= 15 is 0 Å². The Bertz CT molecular complexity index is 825. The highest BCUT2D eigenvalue weighted by molar-refractivity contribution is 5.81. The first-order valence-electron chi connectivity index (χ1n) is 10.3. The van der Waals surface area contributed by atoms with Gasteiger partial charge in [0.25, 0.3) is 0 Å². The Balaban J connectivity index is 1.86. The van der Waals surface area contributed by atoms with Gasteiger partial charge in [-0.15, -0.1) is 0 Å². The van der Waals surface area contributed by atoms with Crippen molar-refractivity contribution >= 4 is 11.8 Å². The van der Waals surface area contributed by atoms with Crippen molar-refractivity contribution in [3.05, 3.63) is 54.4 Å². The van der Waals surface area contributed by atoms with Gasteiger partial charge in [0, 0.05) is 45.6 Å². The molecule has 3 rings (SSSR count). The monoisotopic (exact) mass is 394 g/mol. The predicted molar refractivity (Wildman–Crippen MR) is 114 cm³/mol. The second kappa shape index (κ2) is 10.2. The standard InChI is InChI=1S/C23H30N4O2/c1-3-12-27-14-13-26(17-22(28)24-2)16-20(23(27)29)15-19-6-4-5-7-21(19)18-8-10-25-11-9-18/h4-11,20H,3,12-17H2,1-2H3,(H,24,28). The van der Waals surface area contributed by atoms with E-state index in [1.54, 1.807) is 19.4 Å². The summed E-state index contributed by atoms with van der Waals surface area (Å²) in [6.07, 6.45) is 5.16. The van der Waals surface area contributed by atoms with Crippen molar-refractivity contribution < 1.29 is 9.59 Å². The van der Waals surface area contributed by atoms with E-state index in [0.29, 0.717) is 26.1 Å². The Morgan fingerprint density at radius 2 is 1.93 bits per heavy atom. The smallest absolute Gasteiger partial charge is 0.233 e. The molecule has 154 valence electrons. The van der Waals surface area contributed by atoms with E-state index in [9.17, 15) is 9.59 Å². The summed E-state index contributed by atoms with van der Waals surface area (Å²) in [5.74, 6) is 0.00445. The molecule has 2 aromatic rings. The van der Waals surface area contributed by atoms with E-state index in [0.717, 1.165) is 36.2 Å². The highest BCUT2D eigenvalue weighted by Crippen LogP contribution is 2.27. The van der Waals surface area contributed by atoms with Crippen molar-refractivity contribution in [2.75, 3.05) is 39.8 Å². The predicted octanol–water partition coefficient (Wildman–Crippen LogP) is 2.21. The molecular weight excluding hydrogens is 364 g/mol. The largest absolute Gasteiger partial charge is 0.358 e. The van der Waals surface area contributed by atoms with Gasteiger partial charge in [-0.1, -0.05) is 31.2 Å². The Morgan fingerprint density at radius 1 is 1.17 bits per heavy atom. The van der Waals surface area contributed by atoms with Gasteiger partial charge in [0.1, 0.15) is 0 Å².